The second kappa shape index (κ2) is 6.58. The molecule has 2 aliphatic carbocycles. The van der Waals surface area contributed by atoms with Crippen LogP contribution in [0.5, 0.6) is 0 Å². The number of anilines is 1. The van der Waals surface area contributed by atoms with E-state index < -0.39 is 18.0 Å². The molecule has 2 aliphatic rings. The van der Waals surface area contributed by atoms with E-state index in [0.717, 1.165) is 29.5 Å². The molecule has 2 aromatic rings. The molecule has 134 valence electrons. The van der Waals surface area contributed by atoms with Crippen LogP contribution in [0.25, 0.3) is 0 Å². The van der Waals surface area contributed by atoms with Gasteiger partial charge in [0.15, 0.2) is 0 Å². The van der Waals surface area contributed by atoms with Crippen molar-refractivity contribution in [2.45, 2.75) is 39.0 Å². The van der Waals surface area contributed by atoms with Crippen LogP contribution in [-0.4, -0.2) is 15.7 Å². The number of carbonyl (C=O) groups excluding carboxylic acids is 1. The van der Waals surface area contributed by atoms with Gasteiger partial charge >= 0.3 is 0 Å². The summed E-state index contributed by atoms with van der Waals surface area (Å²) in [6, 6.07) is 7.68. The minimum Gasteiger partial charge on any atom is -0.322 e. The van der Waals surface area contributed by atoms with Gasteiger partial charge in [-0.15, -0.1) is 0 Å². The van der Waals surface area contributed by atoms with Crippen molar-refractivity contribution in [1.29, 1.82) is 0 Å². The lowest BCUT2D eigenvalue weighted by atomic mass is 10.0. The molecule has 4 nitrogen and oxygen atoms in total. The fourth-order valence-electron chi connectivity index (χ4n) is 3.58. The molecule has 0 radical (unpaired) electrons. The summed E-state index contributed by atoms with van der Waals surface area (Å²) in [6.45, 7) is 0. The van der Waals surface area contributed by atoms with Crippen LogP contribution < -0.4 is 5.32 Å². The minimum absolute atomic E-state index is 0. The third-order valence-corrected chi connectivity index (χ3v) is 4.98. The van der Waals surface area contributed by atoms with Crippen molar-refractivity contribution in [3.63, 3.8) is 0 Å². The highest BCUT2D eigenvalue weighted by atomic mass is 19.3. The molecule has 2 fully saturated rings. The van der Waals surface area contributed by atoms with E-state index in [4.69, 9.17) is 0 Å². The van der Waals surface area contributed by atoms with Gasteiger partial charge in [0.1, 0.15) is 5.69 Å². The molecule has 4 rings (SSSR count). The third kappa shape index (κ3) is 3.43. The number of carbonyl (C=O) groups is 1. The Kier molecular flexibility index (Phi) is 4.62. The molecule has 1 heterocycles. The molecular weight excluding hydrogens is 324 g/mol. The van der Waals surface area contributed by atoms with Crippen molar-refractivity contribution in [1.82, 2.24) is 9.78 Å². The van der Waals surface area contributed by atoms with Crippen LogP contribution in [0.3, 0.4) is 0 Å². The number of halogens is 2. The Balaban J connectivity index is 0.00000182. The standard InChI is InChI=1S/C18H19F2N3O.CH4/c1-23-9-14(16(22-23)17(19)20)18(24)21-15-5-3-2-4-11(15)13-8-12(13)10-6-7-10;/h2-5,9-10,12-13,17H,6-8H2,1H3,(H,21,24);1H4/t12-,13+;/m1./s1. The fourth-order valence-corrected chi connectivity index (χ4v) is 3.58. The van der Waals surface area contributed by atoms with E-state index in [0.29, 0.717) is 5.92 Å². The summed E-state index contributed by atoms with van der Waals surface area (Å²) in [5, 5.41) is 6.50. The number of nitrogens with one attached hydrogen (secondary N) is 1. The number of benzene rings is 1. The number of hydrogen-bond donors (Lipinski definition) is 1. The number of alkyl halides is 2. The van der Waals surface area contributed by atoms with Crippen LogP contribution in [0.15, 0.2) is 30.5 Å². The maximum atomic E-state index is 13.0. The predicted molar refractivity (Wildman–Crippen MR) is 92.9 cm³/mol. The average Bonchev–Trinajstić information content (AvgIpc) is 3.44. The molecule has 1 aromatic heterocycles. The molecule has 0 bridgehead atoms. The molecule has 1 amide bonds. The monoisotopic (exact) mass is 347 g/mol. The van der Waals surface area contributed by atoms with Gasteiger partial charge in [0.05, 0.1) is 5.56 Å². The zero-order valence-electron chi connectivity index (χ0n) is 13.4. The zero-order chi connectivity index (χ0) is 16.8. The van der Waals surface area contributed by atoms with Crippen molar-refractivity contribution in [3.05, 3.63) is 47.3 Å². The normalized spacial score (nSPS) is 21.8. The zero-order valence-corrected chi connectivity index (χ0v) is 13.4. The number of amides is 1. The molecular formula is C19H23F2N3O. The van der Waals surface area contributed by atoms with Crippen molar-refractivity contribution >= 4 is 11.6 Å². The van der Waals surface area contributed by atoms with Gasteiger partial charge in [-0.1, -0.05) is 25.6 Å². The van der Waals surface area contributed by atoms with Crippen LogP contribution in [0, 0.1) is 11.8 Å². The number of rotatable bonds is 5. The smallest absolute Gasteiger partial charge is 0.282 e. The quantitative estimate of drug-likeness (QED) is 0.848. The SMILES string of the molecule is C.Cn1cc(C(=O)Nc2ccccc2[C@@H]2C[C@@H]2C2CC2)c(C(F)F)n1. The highest BCUT2D eigenvalue weighted by Crippen LogP contribution is 2.60. The Morgan fingerprint density at radius 2 is 2.04 bits per heavy atom. The molecule has 6 heteroatoms. The summed E-state index contributed by atoms with van der Waals surface area (Å²) in [7, 11) is 1.53. The average molecular weight is 347 g/mol. The molecule has 1 aromatic carbocycles. The first kappa shape index (κ1) is 17.6. The number of para-hydroxylation sites is 1. The fraction of sp³-hybridized carbons (Fsp3) is 0.474. The number of hydrogen-bond acceptors (Lipinski definition) is 2. The largest absolute Gasteiger partial charge is 0.322 e. The van der Waals surface area contributed by atoms with Crippen LogP contribution in [0.2, 0.25) is 0 Å². The lowest BCUT2D eigenvalue weighted by Crippen LogP contribution is -2.14. The van der Waals surface area contributed by atoms with Crippen molar-refractivity contribution < 1.29 is 13.6 Å². The lowest BCUT2D eigenvalue weighted by molar-refractivity contribution is 0.101. The second-order valence-corrected chi connectivity index (χ2v) is 6.79. The Morgan fingerprint density at radius 1 is 1.32 bits per heavy atom. The summed E-state index contributed by atoms with van der Waals surface area (Å²) < 4.78 is 27.3. The Bertz CT molecular complexity index is 783. The van der Waals surface area contributed by atoms with Crippen LogP contribution in [-0.2, 0) is 7.05 Å². The Morgan fingerprint density at radius 3 is 2.72 bits per heavy atom. The number of nitrogens with zero attached hydrogens (tertiary/aromatic N) is 2. The van der Waals surface area contributed by atoms with Crippen LogP contribution >= 0.6 is 0 Å². The predicted octanol–water partition coefficient (Wildman–Crippen LogP) is 4.76. The van der Waals surface area contributed by atoms with E-state index in [9.17, 15) is 13.6 Å². The summed E-state index contributed by atoms with van der Waals surface area (Å²) in [6.07, 6.45) is 2.34. The molecule has 0 saturated heterocycles. The first-order valence-electron chi connectivity index (χ1n) is 8.26. The molecule has 0 aliphatic heterocycles. The van der Waals surface area contributed by atoms with E-state index in [2.05, 4.69) is 10.4 Å². The molecule has 25 heavy (non-hydrogen) atoms. The Hall–Kier alpha value is -2.24. The van der Waals surface area contributed by atoms with Gasteiger partial charge < -0.3 is 5.32 Å². The van der Waals surface area contributed by atoms with Gasteiger partial charge in [0.2, 0.25) is 0 Å². The number of aryl methyl sites for hydroxylation is 1. The highest BCUT2D eigenvalue weighted by molar-refractivity contribution is 6.05. The first-order chi connectivity index (χ1) is 11.5. The second-order valence-electron chi connectivity index (χ2n) is 6.79. The van der Waals surface area contributed by atoms with E-state index >= 15 is 0 Å². The van der Waals surface area contributed by atoms with Gasteiger partial charge in [-0.2, -0.15) is 5.10 Å². The van der Waals surface area contributed by atoms with Crippen molar-refractivity contribution in [2.24, 2.45) is 18.9 Å². The van der Waals surface area contributed by atoms with Gasteiger partial charge in [-0.25, -0.2) is 8.78 Å². The maximum Gasteiger partial charge on any atom is 0.282 e. The van der Waals surface area contributed by atoms with E-state index in [1.54, 1.807) is 0 Å². The molecule has 2 saturated carbocycles. The van der Waals surface area contributed by atoms with E-state index in [1.165, 1.54) is 30.8 Å². The summed E-state index contributed by atoms with van der Waals surface area (Å²) >= 11 is 0. The molecule has 0 spiro atoms. The van der Waals surface area contributed by atoms with Gasteiger partial charge in [0, 0.05) is 18.9 Å². The van der Waals surface area contributed by atoms with Gasteiger partial charge in [-0.05, 0) is 48.6 Å². The third-order valence-electron chi connectivity index (χ3n) is 4.98. The summed E-state index contributed by atoms with van der Waals surface area (Å²) in [5.74, 6) is 1.51. The van der Waals surface area contributed by atoms with Crippen LogP contribution in [0.1, 0.15) is 60.6 Å². The van der Waals surface area contributed by atoms with Gasteiger partial charge in [0.25, 0.3) is 12.3 Å². The Labute approximate surface area is 146 Å². The first-order valence-corrected chi connectivity index (χ1v) is 8.26. The molecule has 2 atom stereocenters. The highest BCUT2D eigenvalue weighted by Gasteiger charge is 2.48. The maximum absolute atomic E-state index is 13.0. The lowest BCUT2D eigenvalue weighted by Gasteiger charge is -2.11. The molecule has 0 unspecified atom stereocenters. The van der Waals surface area contributed by atoms with E-state index in [1.807, 2.05) is 24.3 Å². The van der Waals surface area contributed by atoms with Crippen molar-refractivity contribution in [2.75, 3.05) is 5.32 Å². The summed E-state index contributed by atoms with van der Waals surface area (Å²) in [4.78, 5) is 12.5. The topological polar surface area (TPSA) is 46.9 Å². The molecule has 1 N–H and O–H groups in total. The van der Waals surface area contributed by atoms with E-state index in [-0.39, 0.29) is 13.0 Å². The van der Waals surface area contributed by atoms with Crippen molar-refractivity contribution in [3.8, 4) is 0 Å². The summed E-state index contributed by atoms with van der Waals surface area (Å²) in [5.41, 5.74) is 1.29. The van der Waals surface area contributed by atoms with Crippen LogP contribution in [0.4, 0.5) is 14.5 Å². The number of aromatic nitrogens is 2. The van der Waals surface area contributed by atoms with Gasteiger partial charge in [-0.3, -0.25) is 9.48 Å². The minimum atomic E-state index is -2.77.